The summed E-state index contributed by atoms with van der Waals surface area (Å²) in [5, 5.41) is 3.11. The molecule has 0 spiro atoms. The van der Waals surface area contributed by atoms with Crippen molar-refractivity contribution in [1.29, 1.82) is 0 Å². The molecule has 10 heteroatoms. The summed E-state index contributed by atoms with van der Waals surface area (Å²) in [7, 11) is -2.39. The van der Waals surface area contributed by atoms with E-state index in [1.54, 1.807) is 6.92 Å². The normalized spacial score (nSPS) is 13.0. The van der Waals surface area contributed by atoms with Gasteiger partial charge in [-0.05, 0) is 51.0 Å². The lowest BCUT2D eigenvalue weighted by Gasteiger charge is -2.32. The monoisotopic (exact) mass is 523 g/mol. The Morgan fingerprint density at radius 1 is 1.14 bits per heavy atom. The van der Waals surface area contributed by atoms with Crippen LogP contribution < -0.4 is 14.4 Å². The van der Waals surface area contributed by atoms with Crippen LogP contribution in [0.4, 0.5) is 5.69 Å². The second-order valence-corrected chi connectivity index (χ2v) is 10.9. The molecule has 0 bridgehead atoms. The van der Waals surface area contributed by atoms with Crippen molar-refractivity contribution in [1.82, 2.24) is 10.2 Å². The minimum Gasteiger partial charge on any atom is -0.495 e. The molecule has 192 valence electrons. The molecule has 0 saturated heterocycles. The molecule has 0 unspecified atom stereocenters. The van der Waals surface area contributed by atoms with Crippen molar-refractivity contribution in [2.24, 2.45) is 0 Å². The van der Waals surface area contributed by atoms with Gasteiger partial charge in [0.25, 0.3) is 0 Å². The fraction of sp³-hybridized carbons (Fsp3) is 0.440. The molecule has 2 atom stereocenters. The highest BCUT2D eigenvalue weighted by molar-refractivity contribution is 7.92. The second-order valence-electron chi connectivity index (χ2n) is 8.59. The topological polar surface area (TPSA) is 96.0 Å². The van der Waals surface area contributed by atoms with Crippen LogP contribution in [0.1, 0.15) is 38.3 Å². The zero-order chi connectivity index (χ0) is 26.3. The van der Waals surface area contributed by atoms with Gasteiger partial charge in [0, 0.05) is 12.6 Å². The zero-order valence-electron chi connectivity index (χ0n) is 21.0. The number of rotatable bonds is 11. The van der Waals surface area contributed by atoms with Crippen LogP contribution in [-0.2, 0) is 26.2 Å². The van der Waals surface area contributed by atoms with E-state index < -0.39 is 28.5 Å². The zero-order valence-corrected chi connectivity index (χ0v) is 22.6. The van der Waals surface area contributed by atoms with E-state index in [1.807, 2.05) is 45.0 Å². The van der Waals surface area contributed by atoms with Crippen LogP contribution >= 0.6 is 11.6 Å². The Morgan fingerprint density at radius 2 is 1.83 bits per heavy atom. The molecule has 2 rings (SSSR count). The van der Waals surface area contributed by atoms with Crippen LogP contribution in [0.5, 0.6) is 5.75 Å². The van der Waals surface area contributed by atoms with Gasteiger partial charge in [0.1, 0.15) is 18.3 Å². The SMILES string of the molecule is CC[C@@H](C)NC(=O)[C@@H](C)N(Cc1cccc(C)c1)C(=O)CN(c1ccc(OC)c(Cl)c1)S(C)(=O)=O. The molecule has 0 saturated carbocycles. The molecule has 0 aliphatic carbocycles. The Morgan fingerprint density at radius 3 is 2.37 bits per heavy atom. The number of nitrogens with zero attached hydrogens (tertiary/aromatic N) is 2. The fourth-order valence-corrected chi connectivity index (χ4v) is 4.57. The molecular weight excluding hydrogens is 490 g/mol. The Labute approximate surface area is 213 Å². The van der Waals surface area contributed by atoms with E-state index in [1.165, 1.54) is 30.2 Å². The van der Waals surface area contributed by atoms with Crippen LogP contribution in [-0.4, -0.2) is 57.1 Å². The lowest BCUT2D eigenvalue weighted by molar-refractivity contribution is -0.139. The van der Waals surface area contributed by atoms with Crippen LogP contribution in [0.15, 0.2) is 42.5 Å². The summed E-state index contributed by atoms with van der Waals surface area (Å²) in [5.41, 5.74) is 2.07. The van der Waals surface area contributed by atoms with Gasteiger partial charge >= 0.3 is 0 Å². The largest absolute Gasteiger partial charge is 0.495 e. The number of methoxy groups -OCH3 is 1. The number of benzene rings is 2. The van der Waals surface area contributed by atoms with E-state index in [-0.39, 0.29) is 29.2 Å². The summed E-state index contributed by atoms with van der Waals surface area (Å²) in [6.07, 6.45) is 1.76. The molecule has 0 aromatic heterocycles. The molecule has 2 aromatic carbocycles. The second kappa shape index (κ2) is 12.3. The van der Waals surface area contributed by atoms with E-state index in [0.29, 0.717) is 5.75 Å². The van der Waals surface area contributed by atoms with Crippen LogP contribution in [0.3, 0.4) is 0 Å². The maximum atomic E-state index is 13.6. The molecule has 2 aromatic rings. The van der Waals surface area contributed by atoms with Gasteiger partial charge in [-0.3, -0.25) is 13.9 Å². The number of halogens is 1. The number of hydrogen-bond acceptors (Lipinski definition) is 5. The third-order valence-corrected chi connectivity index (χ3v) is 7.14. The number of hydrogen-bond donors (Lipinski definition) is 1. The van der Waals surface area contributed by atoms with Crippen molar-refractivity contribution < 1.29 is 22.7 Å². The third kappa shape index (κ3) is 7.86. The van der Waals surface area contributed by atoms with Gasteiger partial charge in [-0.1, -0.05) is 48.4 Å². The van der Waals surface area contributed by atoms with Gasteiger partial charge < -0.3 is 15.0 Å². The highest BCUT2D eigenvalue weighted by Crippen LogP contribution is 2.30. The smallest absolute Gasteiger partial charge is 0.244 e. The summed E-state index contributed by atoms with van der Waals surface area (Å²) in [6.45, 7) is 7.07. The fourth-order valence-electron chi connectivity index (χ4n) is 3.48. The maximum absolute atomic E-state index is 13.6. The number of aryl methyl sites for hydroxylation is 1. The van der Waals surface area contributed by atoms with Gasteiger partial charge in [0.15, 0.2) is 0 Å². The highest BCUT2D eigenvalue weighted by atomic mass is 35.5. The predicted octanol–water partition coefficient (Wildman–Crippen LogP) is 3.76. The average molecular weight is 524 g/mol. The Bertz CT molecular complexity index is 1160. The molecule has 1 N–H and O–H groups in total. The van der Waals surface area contributed by atoms with Crippen molar-refractivity contribution in [3.05, 3.63) is 58.6 Å². The summed E-state index contributed by atoms with van der Waals surface area (Å²) in [4.78, 5) is 27.9. The summed E-state index contributed by atoms with van der Waals surface area (Å²) in [5.74, 6) is -0.443. The minimum atomic E-state index is -3.85. The molecule has 2 amide bonds. The van der Waals surface area contributed by atoms with Crippen molar-refractivity contribution in [3.8, 4) is 5.75 Å². The van der Waals surface area contributed by atoms with Gasteiger partial charge in [-0.2, -0.15) is 0 Å². The number of sulfonamides is 1. The predicted molar refractivity (Wildman–Crippen MR) is 139 cm³/mol. The molecular formula is C25H34ClN3O5S. The van der Waals surface area contributed by atoms with Crippen molar-refractivity contribution >= 4 is 39.1 Å². The quantitative estimate of drug-likeness (QED) is 0.484. The minimum absolute atomic E-state index is 0.0603. The molecule has 0 heterocycles. The molecule has 8 nitrogen and oxygen atoms in total. The van der Waals surface area contributed by atoms with Crippen molar-refractivity contribution in [2.75, 3.05) is 24.2 Å². The first kappa shape index (κ1) is 28.5. The number of carbonyl (C=O) groups is 2. The van der Waals surface area contributed by atoms with Crippen molar-refractivity contribution in [2.45, 2.75) is 52.7 Å². The van der Waals surface area contributed by atoms with E-state index in [0.717, 1.165) is 28.1 Å². The lowest BCUT2D eigenvalue weighted by Crippen LogP contribution is -2.52. The lowest BCUT2D eigenvalue weighted by atomic mass is 10.1. The third-order valence-electron chi connectivity index (χ3n) is 5.71. The summed E-state index contributed by atoms with van der Waals surface area (Å²) in [6, 6.07) is 11.2. The molecule has 35 heavy (non-hydrogen) atoms. The highest BCUT2D eigenvalue weighted by Gasteiger charge is 2.30. The number of amides is 2. The number of ether oxygens (including phenoxy) is 1. The first-order chi connectivity index (χ1) is 16.4. The molecule has 0 aliphatic heterocycles. The average Bonchev–Trinajstić information content (AvgIpc) is 2.79. The van der Waals surface area contributed by atoms with E-state index in [2.05, 4.69) is 5.32 Å². The van der Waals surface area contributed by atoms with Gasteiger partial charge in [-0.25, -0.2) is 8.42 Å². The van der Waals surface area contributed by atoms with Crippen LogP contribution in [0.25, 0.3) is 0 Å². The first-order valence-corrected chi connectivity index (χ1v) is 13.6. The van der Waals surface area contributed by atoms with Gasteiger partial charge in [-0.15, -0.1) is 0 Å². The van der Waals surface area contributed by atoms with Gasteiger partial charge in [0.05, 0.1) is 24.1 Å². The van der Waals surface area contributed by atoms with E-state index >= 15 is 0 Å². The van der Waals surface area contributed by atoms with Crippen LogP contribution in [0.2, 0.25) is 5.02 Å². The number of anilines is 1. The first-order valence-electron chi connectivity index (χ1n) is 11.3. The molecule has 0 fully saturated rings. The van der Waals surface area contributed by atoms with Crippen molar-refractivity contribution in [3.63, 3.8) is 0 Å². The van der Waals surface area contributed by atoms with E-state index in [4.69, 9.17) is 16.3 Å². The molecule has 0 aliphatic rings. The maximum Gasteiger partial charge on any atom is 0.244 e. The summed E-state index contributed by atoms with van der Waals surface area (Å²) < 4.78 is 31.4. The van der Waals surface area contributed by atoms with E-state index in [9.17, 15) is 18.0 Å². The Kier molecular flexibility index (Phi) is 9.97. The molecule has 0 radical (unpaired) electrons. The van der Waals surface area contributed by atoms with Crippen LogP contribution in [0, 0.1) is 6.92 Å². The summed E-state index contributed by atoms with van der Waals surface area (Å²) >= 11 is 6.20. The van der Waals surface area contributed by atoms with Gasteiger partial charge in [0.2, 0.25) is 21.8 Å². The number of nitrogens with one attached hydrogen (secondary N) is 1. The number of carbonyl (C=O) groups excluding carboxylic acids is 2. The Hall–Kier alpha value is -2.78. The Balaban J connectivity index is 2.41. The standard InChI is InChI=1S/C25H34ClN3O5S/c1-7-18(3)27-25(31)19(4)28(15-20-10-8-9-17(2)13-20)24(30)16-29(35(6,32)33)21-11-12-23(34-5)22(26)14-21/h8-14,18-19H,7,15-16H2,1-6H3,(H,27,31)/t18-,19-/m1/s1.